The van der Waals surface area contributed by atoms with E-state index in [9.17, 15) is 4.39 Å². The van der Waals surface area contributed by atoms with Gasteiger partial charge >= 0.3 is 0 Å². The van der Waals surface area contributed by atoms with Crippen LogP contribution in [0.5, 0.6) is 0 Å². The van der Waals surface area contributed by atoms with E-state index in [1.54, 1.807) is 48.3 Å². The van der Waals surface area contributed by atoms with Crippen LogP contribution in [0, 0.1) is 17.7 Å². The van der Waals surface area contributed by atoms with Crippen molar-refractivity contribution in [2.45, 2.75) is 69.2 Å². The Morgan fingerprint density at radius 1 is 0.750 bits per heavy atom. The molecule has 2 fully saturated rings. The summed E-state index contributed by atoms with van der Waals surface area (Å²) in [5.41, 5.74) is 2.32. The van der Waals surface area contributed by atoms with Gasteiger partial charge in [-0.15, -0.1) is 0 Å². The van der Waals surface area contributed by atoms with Crippen molar-refractivity contribution in [2.75, 3.05) is 0 Å². The fraction of sp³-hybridized carbons (Fsp3) is 0.520. The molecular weight excluding hydrogens is 375 g/mol. The molecule has 0 bridgehead atoms. The highest BCUT2D eigenvalue weighted by molar-refractivity contribution is 6.73. The maximum atomic E-state index is 13.1. The summed E-state index contributed by atoms with van der Waals surface area (Å²) in [6.07, 6.45) is 7.57. The molecule has 28 heavy (non-hydrogen) atoms. The molecule has 2 heterocycles. The lowest BCUT2D eigenvalue weighted by Crippen LogP contribution is -2.36. The van der Waals surface area contributed by atoms with Gasteiger partial charge in [0.05, 0.1) is 8.80 Å². The SMILES string of the molecule is CCC[SiH]1CCC([C@H]2CC[Si@H](c3ccc(-c4ccc(F)cc4)cc3)CC2)CC1. The maximum absolute atomic E-state index is 13.1. The Morgan fingerprint density at radius 3 is 1.79 bits per heavy atom. The Bertz CT molecular complexity index is 724. The Hall–Kier alpha value is -1.20. The zero-order chi connectivity index (χ0) is 19.3. The highest BCUT2D eigenvalue weighted by atomic mass is 28.3. The van der Waals surface area contributed by atoms with Crippen LogP contribution in [-0.4, -0.2) is 17.6 Å². The van der Waals surface area contributed by atoms with E-state index in [4.69, 9.17) is 0 Å². The van der Waals surface area contributed by atoms with Crippen molar-refractivity contribution in [2.24, 2.45) is 11.8 Å². The molecule has 0 aromatic heterocycles. The zero-order valence-corrected chi connectivity index (χ0v) is 19.7. The first-order valence-electron chi connectivity index (χ1n) is 11.6. The quantitative estimate of drug-likeness (QED) is 0.501. The van der Waals surface area contributed by atoms with Crippen molar-refractivity contribution in [1.82, 2.24) is 0 Å². The van der Waals surface area contributed by atoms with Crippen molar-refractivity contribution < 1.29 is 4.39 Å². The van der Waals surface area contributed by atoms with Gasteiger partial charge in [0, 0.05) is 8.80 Å². The van der Waals surface area contributed by atoms with Gasteiger partial charge < -0.3 is 0 Å². The normalized spacial score (nSPS) is 28.2. The molecule has 0 nitrogen and oxygen atoms in total. The van der Waals surface area contributed by atoms with E-state index in [1.807, 2.05) is 12.1 Å². The largest absolute Gasteiger partial charge is 0.207 e. The number of hydrogen-bond acceptors (Lipinski definition) is 0. The van der Waals surface area contributed by atoms with E-state index >= 15 is 0 Å². The van der Waals surface area contributed by atoms with Gasteiger partial charge in [-0.1, -0.05) is 111 Å². The number of rotatable bonds is 5. The van der Waals surface area contributed by atoms with Gasteiger partial charge in [-0.3, -0.25) is 0 Å². The first-order chi connectivity index (χ1) is 13.7. The third kappa shape index (κ3) is 4.85. The minimum Gasteiger partial charge on any atom is -0.207 e. The number of halogens is 1. The highest BCUT2D eigenvalue weighted by Gasteiger charge is 2.31. The molecule has 2 aliphatic heterocycles. The van der Waals surface area contributed by atoms with Crippen molar-refractivity contribution in [1.29, 1.82) is 0 Å². The molecule has 0 amide bonds. The van der Waals surface area contributed by atoms with Crippen LogP contribution in [0.2, 0.25) is 30.2 Å². The molecule has 0 N–H and O–H groups in total. The lowest BCUT2D eigenvalue weighted by atomic mass is 9.83. The molecule has 2 aliphatic rings. The predicted octanol–water partition coefficient (Wildman–Crippen LogP) is 6.38. The van der Waals surface area contributed by atoms with Crippen molar-refractivity contribution >= 4 is 22.8 Å². The van der Waals surface area contributed by atoms with Gasteiger partial charge in [0.15, 0.2) is 0 Å². The predicted molar refractivity (Wildman–Crippen MR) is 126 cm³/mol. The smallest absolute Gasteiger partial charge is 0.123 e. The Morgan fingerprint density at radius 2 is 1.25 bits per heavy atom. The second-order valence-electron chi connectivity index (χ2n) is 9.31. The molecule has 0 radical (unpaired) electrons. The molecule has 0 unspecified atom stereocenters. The molecule has 0 atom stereocenters. The zero-order valence-electron chi connectivity index (χ0n) is 17.4. The highest BCUT2D eigenvalue weighted by Crippen LogP contribution is 2.39. The fourth-order valence-corrected chi connectivity index (χ4v) is 12.7. The summed E-state index contributed by atoms with van der Waals surface area (Å²) >= 11 is 0. The molecule has 0 saturated carbocycles. The van der Waals surface area contributed by atoms with Gasteiger partial charge in [0.1, 0.15) is 5.82 Å². The third-order valence-electron chi connectivity index (χ3n) is 7.59. The second kappa shape index (κ2) is 9.53. The van der Waals surface area contributed by atoms with E-state index in [2.05, 4.69) is 31.2 Å². The van der Waals surface area contributed by atoms with Gasteiger partial charge in [0.2, 0.25) is 0 Å². The van der Waals surface area contributed by atoms with Crippen LogP contribution in [0.1, 0.15) is 39.0 Å². The van der Waals surface area contributed by atoms with Crippen LogP contribution in [0.25, 0.3) is 11.1 Å². The summed E-state index contributed by atoms with van der Waals surface area (Å²) in [7, 11) is -1.10. The molecule has 2 aromatic carbocycles. The lowest BCUT2D eigenvalue weighted by molar-refractivity contribution is 0.279. The van der Waals surface area contributed by atoms with Gasteiger partial charge in [-0.05, 0) is 35.1 Å². The van der Waals surface area contributed by atoms with Crippen molar-refractivity contribution in [3.8, 4) is 11.1 Å². The summed E-state index contributed by atoms with van der Waals surface area (Å²) < 4.78 is 13.1. The molecule has 4 rings (SSSR count). The van der Waals surface area contributed by atoms with E-state index in [0.29, 0.717) is 0 Å². The number of benzene rings is 2. The summed E-state index contributed by atoms with van der Waals surface area (Å²) in [5.74, 6) is 1.95. The van der Waals surface area contributed by atoms with Crippen LogP contribution < -0.4 is 5.19 Å². The molecular formula is C25H35FSi2. The standard InChI is InChI=1S/C25H35FSi2/c1-2-15-27-16-11-22(12-17-27)23-13-18-28(19-14-23)25-9-5-21(6-10-25)20-3-7-24(26)8-4-20/h3-10,22-23,27-28H,2,11-19H2,1H3/t22?,23-,27?,28-. The number of hydrogen-bond donors (Lipinski definition) is 0. The van der Waals surface area contributed by atoms with Gasteiger partial charge in [0.25, 0.3) is 0 Å². The minimum atomic E-state index is -0.775. The Balaban J connectivity index is 1.30. The second-order valence-corrected chi connectivity index (χ2v) is 16.0. The van der Waals surface area contributed by atoms with Crippen LogP contribution >= 0.6 is 0 Å². The summed E-state index contributed by atoms with van der Waals surface area (Å²) in [6, 6.07) is 24.0. The third-order valence-corrected chi connectivity index (χ3v) is 14.7. The van der Waals surface area contributed by atoms with E-state index < -0.39 is 8.80 Å². The molecule has 2 saturated heterocycles. The average Bonchev–Trinajstić information content (AvgIpc) is 2.75. The van der Waals surface area contributed by atoms with Crippen LogP contribution in [-0.2, 0) is 0 Å². The molecule has 0 aliphatic carbocycles. The average molecular weight is 411 g/mol. The molecule has 2 aromatic rings. The minimum absolute atomic E-state index is 0.161. The van der Waals surface area contributed by atoms with Crippen LogP contribution in [0.3, 0.4) is 0 Å². The van der Waals surface area contributed by atoms with Gasteiger partial charge in [-0.25, -0.2) is 4.39 Å². The fourth-order valence-electron chi connectivity index (χ4n) is 5.87. The first kappa shape index (κ1) is 20.1. The summed E-state index contributed by atoms with van der Waals surface area (Å²) in [5, 5.41) is 1.64. The van der Waals surface area contributed by atoms with Crippen molar-refractivity contribution in [3.63, 3.8) is 0 Å². The molecule has 150 valence electrons. The van der Waals surface area contributed by atoms with E-state index in [1.165, 1.54) is 36.9 Å². The lowest BCUT2D eigenvalue weighted by Gasteiger charge is -2.37. The monoisotopic (exact) mass is 410 g/mol. The molecule has 0 spiro atoms. The van der Waals surface area contributed by atoms with Crippen molar-refractivity contribution in [3.05, 3.63) is 54.3 Å². The topological polar surface area (TPSA) is 0 Å². The summed E-state index contributed by atoms with van der Waals surface area (Å²) in [6.45, 7) is 2.37. The molecule has 3 heteroatoms. The van der Waals surface area contributed by atoms with Crippen LogP contribution in [0.15, 0.2) is 48.5 Å². The maximum Gasteiger partial charge on any atom is 0.123 e. The summed E-state index contributed by atoms with van der Waals surface area (Å²) in [4.78, 5) is 0. The first-order valence-corrected chi connectivity index (χ1v) is 16.2. The van der Waals surface area contributed by atoms with Crippen LogP contribution in [0.4, 0.5) is 4.39 Å². The van der Waals surface area contributed by atoms with Gasteiger partial charge in [-0.2, -0.15) is 0 Å². The van der Waals surface area contributed by atoms with E-state index in [-0.39, 0.29) is 14.6 Å². The Kier molecular flexibility index (Phi) is 6.84. The van der Waals surface area contributed by atoms with E-state index in [0.717, 1.165) is 17.4 Å². The Labute approximate surface area is 173 Å².